The second-order valence-corrected chi connectivity index (χ2v) is 9.74. The molecule has 3 heterocycles. The first kappa shape index (κ1) is 28.7. The number of aryl methyl sites for hydroxylation is 1. The lowest BCUT2D eigenvalue weighted by atomic mass is 9.75. The van der Waals surface area contributed by atoms with E-state index in [1.807, 2.05) is 29.0 Å². The van der Waals surface area contributed by atoms with Crippen LogP contribution < -0.4 is 5.32 Å². The highest BCUT2D eigenvalue weighted by atomic mass is 19.4. The predicted molar refractivity (Wildman–Crippen MR) is 130 cm³/mol. The van der Waals surface area contributed by atoms with Crippen molar-refractivity contribution in [2.75, 3.05) is 58.8 Å². The molecule has 3 amide bonds. The second kappa shape index (κ2) is 11.7. The van der Waals surface area contributed by atoms with Crippen molar-refractivity contribution in [2.24, 2.45) is 11.8 Å². The van der Waals surface area contributed by atoms with Gasteiger partial charge in [0.05, 0.1) is 18.1 Å². The number of benzene rings is 1. The largest absolute Gasteiger partial charge is 0.490 e. The van der Waals surface area contributed by atoms with Crippen LogP contribution >= 0.6 is 0 Å². The van der Waals surface area contributed by atoms with Crippen molar-refractivity contribution in [2.45, 2.75) is 37.9 Å². The van der Waals surface area contributed by atoms with E-state index in [-0.39, 0.29) is 23.4 Å². The number of aliphatic carboxylic acids is 1. The van der Waals surface area contributed by atoms with Gasteiger partial charge in [0.15, 0.2) is 0 Å². The summed E-state index contributed by atoms with van der Waals surface area (Å²) in [6.45, 7) is 6.83. The summed E-state index contributed by atoms with van der Waals surface area (Å²) in [6, 6.07) is 7.98. The number of carbonyl (C=O) groups excluding carboxylic acids is 2. The van der Waals surface area contributed by atoms with E-state index in [0.29, 0.717) is 25.6 Å². The number of carbonyl (C=O) groups is 3. The Labute approximate surface area is 214 Å². The summed E-state index contributed by atoms with van der Waals surface area (Å²) in [4.78, 5) is 40.9. The molecule has 3 saturated heterocycles. The SMILES string of the molecule is CCc1ccc(NC(=O)N2CCC3(CC2)[C@@H]2CN(CCOC)C[C@@H]2C(=O)N3C)cc1.O=C(O)C(F)(F)F. The molecule has 0 radical (unpaired) electrons. The quantitative estimate of drug-likeness (QED) is 0.610. The molecule has 0 unspecified atom stereocenters. The van der Waals surface area contributed by atoms with Crippen molar-refractivity contribution in [3.05, 3.63) is 29.8 Å². The molecule has 37 heavy (non-hydrogen) atoms. The molecule has 2 atom stereocenters. The molecule has 12 heteroatoms. The summed E-state index contributed by atoms with van der Waals surface area (Å²) >= 11 is 0. The number of fused-ring (bicyclic) bond motifs is 2. The number of hydrogen-bond donors (Lipinski definition) is 2. The minimum atomic E-state index is -5.08. The van der Waals surface area contributed by atoms with E-state index < -0.39 is 12.1 Å². The number of rotatable bonds is 5. The van der Waals surface area contributed by atoms with E-state index in [2.05, 4.69) is 29.3 Å². The molecule has 9 nitrogen and oxygen atoms in total. The van der Waals surface area contributed by atoms with Crippen LogP contribution in [-0.4, -0.2) is 103 Å². The first-order valence-electron chi connectivity index (χ1n) is 12.4. The number of nitrogens with one attached hydrogen (secondary N) is 1. The van der Waals surface area contributed by atoms with Gasteiger partial charge in [0.25, 0.3) is 0 Å². The summed E-state index contributed by atoms with van der Waals surface area (Å²) < 4.78 is 37.0. The maximum Gasteiger partial charge on any atom is 0.490 e. The van der Waals surface area contributed by atoms with Gasteiger partial charge in [-0.1, -0.05) is 19.1 Å². The van der Waals surface area contributed by atoms with Gasteiger partial charge in [-0.25, -0.2) is 9.59 Å². The number of hydrogen-bond acceptors (Lipinski definition) is 5. The third-order valence-corrected chi connectivity index (χ3v) is 7.79. The number of urea groups is 1. The fraction of sp³-hybridized carbons (Fsp3) is 0.640. The van der Waals surface area contributed by atoms with Crippen LogP contribution in [0.3, 0.4) is 0 Å². The van der Waals surface area contributed by atoms with Crippen LogP contribution in [0.1, 0.15) is 25.3 Å². The maximum atomic E-state index is 13.0. The molecule has 206 valence electrons. The van der Waals surface area contributed by atoms with Crippen LogP contribution in [-0.2, 0) is 20.7 Å². The molecule has 1 aromatic rings. The van der Waals surface area contributed by atoms with Crippen LogP contribution in [0.2, 0.25) is 0 Å². The first-order valence-corrected chi connectivity index (χ1v) is 12.4. The number of halogens is 3. The van der Waals surface area contributed by atoms with Crippen molar-refractivity contribution in [1.29, 1.82) is 0 Å². The topological polar surface area (TPSA) is 102 Å². The molecule has 3 fully saturated rings. The van der Waals surface area contributed by atoms with E-state index in [4.69, 9.17) is 14.6 Å². The number of amides is 3. The Morgan fingerprint density at radius 2 is 1.76 bits per heavy atom. The van der Waals surface area contributed by atoms with Gasteiger partial charge < -0.3 is 25.0 Å². The van der Waals surface area contributed by atoms with Gasteiger partial charge in [-0.2, -0.15) is 13.2 Å². The van der Waals surface area contributed by atoms with Gasteiger partial charge in [0, 0.05) is 58.5 Å². The number of likely N-dealkylation sites (tertiary alicyclic amines) is 3. The van der Waals surface area contributed by atoms with Gasteiger partial charge >= 0.3 is 18.2 Å². The monoisotopic (exact) mass is 528 g/mol. The Morgan fingerprint density at radius 1 is 1.16 bits per heavy atom. The Morgan fingerprint density at radius 3 is 2.27 bits per heavy atom. The fourth-order valence-corrected chi connectivity index (χ4v) is 5.63. The van der Waals surface area contributed by atoms with E-state index in [9.17, 15) is 22.8 Å². The van der Waals surface area contributed by atoms with Gasteiger partial charge in [0.1, 0.15) is 0 Å². The van der Waals surface area contributed by atoms with Gasteiger partial charge in [-0.3, -0.25) is 9.69 Å². The van der Waals surface area contributed by atoms with Crippen LogP contribution in [0.15, 0.2) is 24.3 Å². The predicted octanol–water partition coefficient (Wildman–Crippen LogP) is 2.92. The van der Waals surface area contributed by atoms with Gasteiger partial charge in [-0.15, -0.1) is 0 Å². The normalized spacial score (nSPS) is 23.0. The van der Waals surface area contributed by atoms with Crippen LogP contribution in [0.5, 0.6) is 0 Å². The smallest absolute Gasteiger partial charge is 0.475 e. The van der Waals surface area contributed by atoms with E-state index >= 15 is 0 Å². The zero-order chi connectivity index (χ0) is 27.4. The molecule has 1 spiro atoms. The number of piperidine rings is 1. The molecule has 1 aromatic carbocycles. The third-order valence-electron chi connectivity index (χ3n) is 7.79. The Hall–Kier alpha value is -2.86. The van der Waals surface area contributed by atoms with E-state index in [1.54, 1.807) is 7.11 Å². The van der Waals surface area contributed by atoms with E-state index in [1.165, 1.54) is 5.56 Å². The zero-order valence-corrected chi connectivity index (χ0v) is 21.4. The molecular formula is C25H35F3N4O5. The summed E-state index contributed by atoms with van der Waals surface area (Å²) in [7, 11) is 3.68. The summed E-state index contributed by atoms with van der Waals surface area (Å²) in [6.07, 6.45) is -2.41. The molecule has 0 saturated carbocycles. The molecule has 0 bridgehead atoms. The average Bonchev–Trinajstić information content (AvgIpc) is 3.38. The first-order chi connectivity index (χ1) is 17.4. The van der Waals surface area contributed by atoms with E-state index in [0.717, 1.165) is 44.6 Å². The second-order valence-electron chi connectivity index (χ2n) is 9.74. The molecule has 0 aromatic heterocycles. The lowest BCUT2D eigenvalue weighted by Gasteiger charge is -2.46. The number of carboxylic acid groups (broad SMARTS) is 1. The van der Waals surface area contributed by atoms with Gasteiger partial charge in [0.2, 0.25) is 5.91 Å². The number of alkyl halides is 3. The molecule has 4 rings (SSSR count). The van der Waals surface area contributed by atoms with Crippen LogP contribution in [0.25, 0.3) is 0 Å². The van der Waals surface area contributed by atoms with Crippen molar-refractivity contribution in [3.63, 3.8) is 0 Å². The fourth-order valence-electron chi connectivity index (χ4n) is 5.63. The molecule has 0 aliphatic carbocycles. The lowest BCUT2D eigenvalue weighted by Crippen LogP contribution is -2.57. The lowest BCUT2D eigenvalue weighted by molar-refractivity contribution is -0.192. The summed E-state index contributed by atoms with van der Waals surface area (Å²) in [5.74, 6) is -2.05. The highest BCUT2D eigenvalue weighted by Crippen LogP contribution is 2.48. The number of carboxylic acids is 1. The Kier molecular flexibility index (Phi) is 9.06. The highest BCUT2D eigenvalue weighted by Gasteiger charge is 2.60. The number of nitrogens with zero attached hydrogens (tertiary/aromatic N) is 3. The molecule has 3 aliphatic rings. The summed E-state index contributed by atoms with van der Waals surface area (Å²) in [5.41, 5.74) is 1.96. The number of ether oxygens (including phenoxy) is 1. The van der Waals surface area contributed by atoms with Crippen LogP contribution in [0, 0.1) is 11.8 Å². The molecule has 3 aliphatic heterocycles. The standard InChI is InChI=1S/C23H34N4O3.C2HF3O2/c1-4-17-5-7-18(8-6-17)24-22(29)27-11-9-23(10-12-27)20-16-26(13-14-30-3)15-19(20)21(28)25(23)2;3-2(4,5)1(6)7/h5-8,19-20H,4,9-16H2,1-3H3,(H,24,29);(H,6,7)/t19-,20+;/m0./s1. The number of methoxy groups -OCH3 is 1. The minimum absolute atomic E-state index is 0.0502. The molecular weight excluding hydrogens is 493 g/mol. The third kappa shape index (κ3) is 6.35. The van der Waals surface area contributed by atoms with Crippen molar-refractivity contribution in [1.82, 2.24) is 14.7 Å². The zero-order valence-electron chi connectivity index (χ0n) is 21.4. The van der Waals surface area contributed by atoms with Crippen molar-refractivity contribution < 1.29 is 37.4 Å². The van der Waals surface area contributed by atoms with Crippen LogP contribution in [0.4, 0.5) is 23.7 Å². The summed E-state index contributed by atoms with van der Waals surface area (Å²) in [5, 5.41) is 10.1. The Bertz CT molecular complexity index is 964. The van der Waals surface area contributed by atoms with Crippen molar-refractivity contribution in [3.8, 4) is 0 Å². The molecule has 2 N–H and O–H groups in total. The van der Waals surface area contributed by atoms with Crippen molar-refractivity contribution >= 4 is 23.6 Å². The maximum absolute atomic E-state index is 13.0. The minimum Gasteiger partial charge on any atom is -0.475 e. The van der Waals surface area contributed by atoms with Gasteiger partial charge in [-0.05, 0) is 37.0 Å². The number of anilines is 1. The highest BCUT2D eigenvalue weighted by molar-refractivity contribution is 5.89. The Balaban J connectivity index is 0.000000479. The average molecular weight is 529 g/mol.